The van der Waals surface area contributed by atoms with E-state index in [1.54, 1.807) is 0 Å². The van der Waals surface area contributed by atoms with E-state index < -0.39 is 0 Å². The van der Waals surface area contributed by atoms with Crippen molar-refractivity contribution in [1.82, 2.24) is 4.98 Å². The number of ketones is 1. The average molecular weight is 511 g/mol. The van der Waals surface area contributed by atoms with Gasteiger partial charge in [-0.15, -0.1) is 35.4 Å². The number of hydrogen-bond acceptors (Lipinski definition) is 3. The number of hydrogen-bond donors (Lipinski definition) is 1. The van der Waals surface area contributed by atoms with Gasteiger partial charge in [-0.25, -0.2) is 0 Å². The number of rotatable bonds is 2. The normalized spacial score (nSPS) is 10.4. The molecule has 131 valence electrons. The van der Waals surface area contributed by atoms with Crippen molar-refractivity contribution in [3.8, 4) is 11.3 Å². The van der Waals surface area contributed by atoms with Crippen molar-refractivity contribution in [2.24, 2.45) is 0 Å². The first kappa shape index (κ1) is 20.8. The molecule has 0 saturated carbocycles. The van der Waals surface area contributed by atoms with E-state index in [9.17, 15) is 4.79 Å². The van der Waals surface area contributed by atoms with Gasteiger partial charge in [0, 0.05) is 32.4 Å². The molecule has 3 nitrogen and oxygen atoms in total. The fourth-order valence-electron chi connectivity index (χ4n) is 2.28. The first-order valence-electron chi connectivity index (χ1n) is 7.67. The van der Waals surface area contributed by atoms with Crippen LogP contribution in [-0.4, -0.2) is 15.9 Å². The smallest absolute Gasteiger partial charge is 0.155 e. The number of aliphatic hydroxyl groups is 1. The van der Waals surface area contributed by atoms with E-state index in [2.05, 4.69) is 42.2 Å². The zero-order chi connectivity index (χ0) is 17.5. The standard InChI is InChI=1S/C16H12N.C5H8O2.Ir/c1-12-6-8-14(9-7-12)16-15-5-3-2-4-13(15)10-11-17-16;1-4(6)3-5(2)7;/h2-8,10-11H,1H3;3,6H,1-2H3;/q-1;;/b;4-3-;. The first-order valence-corrected chi connectivity index (χ1v) is 7.67. The summed E-state index contributed by atoms with van der Waals surface area (Å²) >= 11 is 0. The van der Waals surface area contributed by atoms with Crippen LogP contribution in [-0.2, 0) is 24.9 Å². The summed E-state index contributed by atoms with van der Waals surface area (Å²) in [5.74, 6) is -0.0625. The average Bonchev–Trinajstić information content (AvgIpc) is 2.54. The predicted octanol–water partition coefficient (Wildman–Crippen LogP) is 5.05. The monoisotopic (exact) mass is 511 g/mol. The fourth-order valence-corrected chi connectivity index (χ4v) is 2.28. The topological polar surface area (TPSA) is 50.2 Å². The Bertz CT molecular complexity index is 861. The predicted molar refractivity (Wildman–Crippen MR) is 97.8 cm³/mol. The Labute approximate surface area is 161 Å². The Morgan fingerprint density at radius 1 is 1.12 bits per heavy atom. The summed E-state index contributed by atoms with van der Waals surface area (Å²) in [5, 5.41) is 10.8. The van der Waals surface area contributed by atoms with Crippen LogP contribution in [0, 0.1) is 13.0 Å². The summed E-state index contributed by atoms with van der Waals surface area (Å²) < 4.78 is 0. The molecule has 0 aliphatic carbocycles. The van der Waals surface area contributed by atoms with E-state index in [1.807, 2.05) is 30.5 Å². The van der Waals surface area contributed by atoms with E-state index in [-0.39, 0.29) is 31.6 Å². The van der Waals surface area contributed by atoms with E-state index >= 15 is 0 Å². The molecule has 25 heavy (non-hydrogen) atoms. The molecule has 0 amide bonds. The Kier molecular flexibility index (Phi) is 8.20. The van der Waals surface area contributed by atoms with Gasteiger partial charge in [0.05, 0.1) is 5.76 Å². The number of carbonyl (C=O) groups excluding carboxylic acids is 1. The summed E-state index contributed by atoms with van der Waals surface area (Å²) in [7, 11) is 0. The second-order valence-corrected chi connectivity index (χ2v) is 5.56. The minimum atomic E-state index is -0.125. The third kappa shape index (κ3) is 6.26. The molecule has 2 aromatic carbocycles. The molecular formula is C21H20IrNO2-. The number of nitrogens with zero attached hydrogens (tertiary/aromatic N) is 1. The van der Waals surface area contributed by atoms with E-state index in [0.29, 0.717) is 0 Å². The van der Waals surface area contributed by atoms with E-state index in [4.69, 9.17) is 5.11 Å². The molecule has 0 bridgehead atoms. The van der Waals surface area contributed by atoms with E-state index in [1.165, 1.54) is 36.3 Å². The van der Waals surface area contributed by atoms with Crippen LogP contribution in [0.25, 0.3) is 22.0 Å². The van der Waals surface area contributed by atoms with Gasteiger partial charge in [0.15, 0.2) is 5.78 Å². The molecule has 1 heterocycles. The van der Waals surface area contributed by atoms with Crippen molar-refractivity contribution in [3.63, 3.8) is 0 Å². The molecule has 1 N–H and O–H groups in total. The maximum Gasteiger partial charge on any atom is 0.155 e. The number of aromatic nitrogens is 1. The van der Waals surface area contributed by atoms with Crippen LogP contribution in [0.5, 0.6) is 0 Å². The third-order valence-electron chi connectivity index (χ3n) is 3.31. The Balaban J connectivity index is 0.000000339. The summed E-state index contributed by atoms with van der Waals surface area (Å²) in [6.45, 7) is 4.91. The minimum absolute atomic E-state index is 0. The van der Waals surface area contributed by atoms with Crippen LogP contribution in [0.3, 0.4) is 0 Å². The fraction of sp³-hybridized carbons (Fsp3) is 0.143. The van der Waals surface area contributed by atoms with Crippen molar-refractivity contribution in [2.45, 2.75) is 20.8 Å². The quantitative estimate of drug-likeness (QED) is 0.298. The third-order valence-corrected chi connectivity index (χ3v) is 3.31. The van der Waals surface area contributed by atoms with Gasteiger partial charge in [0.1, 0.15) is 0 Å². The summed E-state index contributed by atoms with van der Waals surface area (Å²) in [6, 6.07) is 19.8. The van der Waals surface area contributed by atoms with Gasteiger partial charge in [-0.2, -0.15) is 0 Å². The van der Waals surface area contributed by atoms with Crippen LogP contribution in [0.2, 0.25) is 0 Å². The Morgan fingerprint density at radius 3 is 2.40 bits per heavy atom. The van der Waals surface area contributed by atoms with Crippen LogP contribution in [0.4, 0.5) is 0 Å². The first-order chi connectivity index (χ1) is 11.5. The molecule has 0 fully saturated rings. The number of allylic oxidation sites excluding steroid dienone is 2. The summed E-state index contributed by atoms with van der Waals surface area (Å²) in [6.07, 6.45) is 3.02. The molecular weight excluding hydrogens is 490 g/mol. The van der Waals surface area contributed by atoms with Crippen LogP contribution < -0.4 is 0 Å². The number of carbonyl (C=O) groups is 1. The van der Waals surface area contributed by atoms with Gasteiger partial charge in [0.25, 0.3) is 0 Å². The SMILES string of the molecule is CC(=O)/C=C(/C)O.Cc1c[c-]c(-c2nccc3ccccc23)cc1.[Ir]. The zero-order valence-corrected chi connectivity index (χ0v) is 16.8. The molecule has 0 aliphatic rings. The Morgan fingerprint density at radius 2 is 1.84 bits per heavy atom. The summed E-state index contributed by atoms with van der Waals surface area (Å²) in [5.41, 5.74) is 3.27. The number of fused-ring (bicyclic) bond motifs is 1. The van der Waals surface area contributed by atoms with Crippen molar-refractivity contribution < 1.29 is 30.0 Å². The van der Waals surface area contributed by atoms with Gasteiger partial charge in [0.2, 0.25) is 0 Å². The number of benzene rings is 2. The molecule has 0 saturated heterocycles. The van der Waals surface area contributed by atoms with Crippen molar-refractivity contribution in [3.05, 3.63) is 78.2 Å². The van der Waals surface area contributed by atoms with Crippen molar-refractivity contribution in [1.29, 1.82) is 0 Å². The molecule has 0 atom stereocenters. The maximum atomic E-state index is 10.0. The van der Waals surface area contributed by atoms with Crippen LogP contribution >= 0.6 is 0 Å². The van der Waals surface area contributed by atoms with Gasteiger partial charge in [-0.05, 0) is 36.4 Å². The molecule has 1 aromatic heterocycles. The van der Waals surface area contributed by atoms with Gasteiger partial charge in [-0.3, -0.25) is 4.79 Å². The number of pyridine rings is 1. The van der Waals surface area contributed by atoms with Crippen molar-refractivity contribution >= 4 is 16.6 Å². The van der Waals surface area contributed by atoms with Gasteiger partial charge < -0.3 is 10.1 Å². The largest absolute Gasteiger partial charge is 0.512 e. The van der Waals surface area contributed by atoms with Crippen LogP contribution in [0.15, 0.2) is 66.6 Å². The molecule has 1 radical (unpaired) electrons. The molecule has 4 heteroatoms. The second kappa shape index (κ2) is 9.87. The zero-order valence-electron chi connectivity index (χ0n) is 14.4. The summed E-state index contributed by atoms with van der Waals surface area (Å²) in [4.78, 5) is 14.5. The molecule has 0 unspecified atom stereocenters. The van der Waals surface area contributed by atoms with Gasteiger partial charge >= 0.3 is 0 Å². The molecule has 0 aliphatic heterocycles. The number of aryl methyl sites for hydroxylation is 1. The van der Waals surface area contributed by atoms with E-state index in [0.717, 1.165) is 11.3 Å². The van der Waals surface area contributed by atoms with Crippen molar-refractivity contribution in [2.75, 3.05) is 0 Å². The van der Waals surface area contributed by atoms with Crippen LogP contribution in [0.1, 0.15) is 19.4 Å². The molecule has 3 aromatic rings. The van der Waals surface area contributed by atoms with Gasteiger partial charge in [-0.1, -0.05) is 31.2 Å². The molecule has 3 rings (SSSR count). The second-order valence-electron chi connectivity index (χ2n) is 5.56. The Hall–Kier alpha value is -2.29. The molecule has 0 spiro atoms. The maximum absolute atomic E-state index is 10.0. The number of aliphatic hydroxyl groups excluding tert-OH is 1. The minimum Gasteiger partial charge on any atom is -0.512 e.